The fraction of sp³-hybridized carbons (Fsp3) is 0.333. The van der Waals surface area contributed by atoms with Gasteiger partial charge in [-0.15, -0.1) is 0 Å². The van der Waals surface area contributed by atoms with E-state index in [-0.39, 0.29) is 11.6 Å². The fourth-order valence-electron chi connectivity index (χ4n) is 1.84. The Bertz CT molecular complexity index is 473. The van der Waals surface area contributed by atoms with Gasteiger partial charge >= 0.3 is 5.97 Å². The lowest BCUT2D eigenvalue weighted by Crippen LogP contribution is -2.40. The smallest absolute Gasteiger partial charge is 0.354 e. The predicted octanol–water partition coefficient (Wildman–Crippen LogP) is 0.609. The van der Waals surface area contributed by atoms with E-state index in [0.29, 0.717) is 11.4 Å². The summed E-state index contributed by atoms with van der Waals surface area (Å²) in [6, 6.07) is 0. The number of aromatic nitrogens is 1. The van der Waals surface area contributed by atoms with Gasteiger partial charge in [0.25, 0.3) is 0 Å². The van der Waals surface area contributed by atoms with Gasteiger partial charge in [-0.1, -0.05) is 0 Å². The van der Waals surface area contributed by atoms with Crippen molar-refractivity contribution in [2.45, 2.75) is 18.4 Å². The maximum absolute atomic E-state index is 11.6. The van der Waals surface area contributed by atoms with Gasteiger partial charge in [0.05, 0.1) is 11.4 Å². The molecule has 3 rings (SSSR count). The van der Waals surface area contributed by atoms with Crippen LogP contribution >= 0.6 is 0 Å². The Labute approximate surface area is 84.7 Å². The summed E-state index contributed by atoms with van der Waals surface area (Å²) < 4.78 is 0. The van der Waals surface area contributed by atoms with Gasteiger partial charge in [0, 0.05) is 6.20 Å². The van der Waals surface area contributed by atoms with Crippen LogP contribution < -0.4 is 10.6 Å². The number of carboxylic acid groups (broad SMARTS) is 1. The lowest BCUT2D eigenvalue weighted by atomic mass is 10.1. The molecule has 1 aromatic rings. The maximum Gasteiger partial charge on any atom is 0.354 e. The number of carbonyl (C=O) groups excluding carboxylic acids is 1. The van der Waals surface area contributed by atoms with Crippen LogP contribution in [0.5, 0.6) is 0 Å². The van der Waals surface area contributed by atoms with E-state index in [1.165, 1.54) is 6.20 Å². The van der Waals surface area contributed by atoms with Gasteiger partial charge in [-0.2, -0.15) is 0 Å². The molecular weight excluding hydrogens is 198 g/mol. The number of aromatic carboxylic acids is 1. The largest absolute Gasteiger partial charge is 0.477 e. The van der Waals surface area contributed by atoms with Crippen LogP contribution in [-0.4, -0.2) is 27.5 Å². The van der Waals surface area contributed by atoms with E-state index in [1.54, 1.807) is 0 Å². The Balaban J connectivity index is 2.08. The van der Waals surface area contributed by atoms with Gasteiger partial charge < -0.3 is 20.7 Å². The number of hydrogen-bond donors (Lipinski definition) is 4. The number of aromatic amines is 1. The molecule has 0 aromatic carbocycles. The van der Waals surface area contributed by atoms with E-state index in [4.69, 9.17) is 5.11 Å². The third-order valence-electron chi connectivity index (χ3n) is 2.89. The zero-order valence-electron chi connectivity index (χ0n) is 7.76. The lowest BCUT2D eigenvalue weighted by molar-refractivity contribution is -0.117. The molecule has 15 heavy (non-hydrogen) atoms. The average molecular weight is 207 g/mol. The Morgan fingerprint density at radius 3 is 2.80 bits per heavy atom. The number of carboxylic acids is 1. The third kappa shape index (κ3) is 0.984. The molecule has 2 heterocycles. The summed E-state index contributed by atoms with van der Waals surface area (Å²) >= 11 is 0. The highest BCUT2D eigenvalue weighted by Crippen LogP contribution is 2.46. The van der Waals surface area contributed by atoms with Crippen molar-refractivity contribution in [2.75, 3.05) is 10.6 Å². The summed E-state index contributed by atoms with van der Waals surface area (Å²) in [5, 5.41) is 14.6. The summed E-state index contributed by atoms with van der Waals surface area (Å²) in [7, 11) is 0. The monoisotopic (exact) mass is 207 g/mol. The molecule has 0 radical (unpaired) electrons. The van der Waals surface area contributed by atoms with Crippen molar-refractivity contribution in [3.8, 4) is 0 Å². The second kappa shape index (κ2) is 2.33. The van der Waals surface area contributed by atoms with Gasteiger partial charge in [-0.25, -0.2) is 4.79 Å². The second-order valence-electron chi connectivity index (χ2n) is 3.92. The van der Waals surface area contributed by atoms with Crippen LogP contribution in [-0.2, 0) is 4.79 Å². The summed E-state index contributed by atoms with van der Waals surface area (Å²) in [5.74, 6) is -1.11. The van der Waals surface area contributed by atoms with Crippen molar-refractivity contribution in [3.05, 3.63) is 11.9 Å². The molecule has 6 heteroatoms. The molecule has 1 aliphatic carbocycles. The number of hydrogen-bond acceptors (Lipinski definition) is 3. The number of anilines is 2. The van der Waals surface area contributed by atoms with Gasteiger partial charge in [0.2, 0.25) is 5.91 Å². The van der Waals surface area contributed by atoms with Crippen LogP contribution in [0.2, 0.25) is 0 Å². The molecule has 6 nitrogen and oxygen atoms in total. The van der Waals surface area contributed by atoms with Gasteiger partial charge in [-0.05, 0) is 12.8 Å². The van der Waals surface area contributed by atoms with Crippen molar-refractivity contribution < 1.29 is 14.7 Å². The molecule has 1 amide bonds. The molecule has 1 aromatic heterocycles. The van der Waals surface area contributed by atoms with E-state index in [9.17, 15) is 9.59 Å². The molecule has 1 fully saturated rings. The second-order valence-corrected chi connectivity index (χ2v) is 3.92. The minimum atomic E-state index is -1.03. The van der Waals surface area contributed by atoms with Crippen LogP contribution in [0.15, 0.2) is 6.20 Å². The molecule has 1 aliphatic heterocycles. The molecule has 1 spiro atoms. The molecule has 4 N–H and O–H groups in total. The number of nitrogens with one attached hydrogen (secondary N) is 3. The highest BCUT2D eigenvalue weighted by atomic mass is 16.4. The maximum atomic E-state index is 11.6. The Hall–Kier alpha value is -1.98. The highest BCUT2D eigenvalue weighted by Gasteiger charge is 2.53. The van der Waals surface area contributed by atoms with Crippen molar-refractivity contribution in [1.29, 1.82) is 0 Å². The van der Waals surface area contributed by atoms with E-state index >= 15 is 0 Å². The van der Waals surface area contributed by atoms with Gasteiger partial charge in [0.15, 0.2) is 5.69 Å². The fourth-order valence-corrected chi connectivity index (χ4v) is 1.84. The van der Waals surface area contributed by atoms with Crippen molar-refractivity contribution in [1.82, 2.24) is 4.98 Å². The van der Waals surface area contributed by atoms with E-state index in [2.05, 4.69) is 15.6 Å². The first kappa shape index (κ1) is 8.34. The molecule has 0 saturated heterocycles. The first-order valence-corrected chi connectivity index (χ1v) is 4.67. The number of fused-ring (bicyclic) bond motifs is 1. The number of H-pyrrole nitrogens is 1. The number of carbonyl (C=O) groups is 2. The van der Waals surface area contributed by atoms with Crippen molar-refractivity contribution in [3.63, 3.8) is 0 Å². The van der Waals surface area contributed by atoms with Crippen LogP contribution in [0.1, 0.15) is 23.3 Å². The van der Waals surface area contributed by atoms with Crippen LogP contribution in [0.25, 0.3) is 0 Å². The minimum absolute atomic E-state index is 0.0778. The number of amides is 1. The summed E-state index contributed by atoms with van der Waals surface area (Å²) in [4.78, 5) is 25.1. The van der Waals surface area contributed by atoms with Crippen LogP contribution in [0.4, 0.5) is 11.4 Å². The summed E-state index contributed by atoms with van der Waals surface area (Å²) in [6.07, 6.45) is 2.99. The predicted molar refractivity (Wildman–Crippen MR) is 52.0 cm³/mol. The van der Waals surface area contributed by atoms with Gasteiger partial charge in [-0.3, -0.25) is 4.79 Å². The molecule has 0 bridgehead atoms. The Morgan fingerprint density at radius 1 is 1.47 bits per heavy atom. The van der Waals surface area contributed by atoms with Crippen LogP contribution in [0.3, 0.4) is 0 Å². The normalized spacial score (nSPS) is 20.4. The highest BCUT2D eigenvalue weighted by molar-refractivity contribution is 6.11. The Kier molecular flexibility index (Phi) is 1.30. The molecule has 1 saturated carbocycles. The summed E-state index contributed by atoms with van der Waals surface area (Å²) in [6.45, 7) is 0. The zero-order chi connectivity index (χ0) is 10.6. The van der Waals surface area contributed by atoms with E-state index in [0.717, 1.165) is 12.8 Å². The Morgan fingerprint density at radius 2 is 2.20 bits per heavy atom. The topological polar surface area (TPSA) is 94.2 Å². The number of rotatable bonds is 1. The van der Waals surface area contributed by atoms with Crippen molar-refractivity contribution >= 4 is 23.3 Å². The zero-order valence-corrected chi connectivity index (χ0v) is 7.76. The molecular formula is C9H9N3O3. The SMILES string of the molecule is O=C(O)c1[nH]cc2c1NC1(CC1)C(=O)N2. The van der Waals surface area contributed by atoms with Gasteiger partial charge in [0.1, 0.15) is 5.54 Å². The van der Waals surface area contributed by atoms with Crippen molar-refractivity contribution in [2.24, 2.45) is 0 Å². The van der Waals surface area contributed by atoms with E-state index in [1.807, 2.05) is 0 Å². The molecule has 78 valence electrons. The molecule has 0 atom stereocenters. The average Bonchev–Trinajstić information content (AvgIpc) is 2.82. The quantitative estimate of drug-likeness (QED) is 0.542. The summed E-state index contributed by atoms with van der Waals surface area (Å²) in [5.41, 5.74) is 0.533. The third-order valence-corrected chi connectivity index (χ3v) is 2.89. The first-order chi connectivity index (χ1) is 7.12. The first-order valence-electron chi connectivity index (χ1n) is 4.67. The van der Waals surface area contributed by atoms with Crippen LogP contribution in [0, 0.1) is 0 Å². The standard InChI is InChI=1S/C9H9N3O3/c13-7(14)6-5-4(3-10-6)11-8(15)9(12-5)1-2-9/h3,10,12H,1-2H2,(H,11,15)(H,13,14). The minimum Gasteiger partial charge on any atom is -0.477 e. The van der Waals surface area contributed by atoms with E-state index < -0.39 is 11.5 Å². The molecule has 0 unspecified atom stereocenters. The lowest BCUT2D eigenvalue weighted by Gasteiger charge is -2.24. The molecule has 2 aliphatic rings.